The van der Waals surface area contributed by atoms with E-state index >= 15 is 0 Å². The fourth-order valence-corrected chi connectivity index (χ4v) is 2.68. The van der Waals surface area contributed by atoms with E-state index in [4.69, 9.17) is 0 Å². The molecule has 0 saturated carbocycles. The van der Waals surface area contributed by atoms with Crippen molar-refractivity contribution in [1.82, 2.24) is 24.9 Å². The van der Waals surface area contributed by atoms with Crippen molar-refractivity contribution < 1.29 is 4.79 Å². The molecule has 102 valence electrons. The zero-order chi connectivity index (χ0) is 14.0. The predicted molar refractivity (Wildman–Crippen MR) is 79.7 cm³/mol. The van der Waals surface area contributed by atoms with Crippen LogP contribution in [0, 0.1) is 3.57 Å². The second-order valence-electron chi connectivity index (χ2n) is 4.27. The number of nitrogens with one attached hydrogen (secondary N) is 1. The lowest BCUT2D eigenvalue weighted by atomic mass is 10.2. The third-order valence-electron chi connectivity index (χ3n) is 2.84. The first kappa shape index (κ1) is 14.0. The second-order valence-corrected chi connectivity index (χ2v) is 5.43. The molecule has 2 rings (SSSR count). The number of nitrogens with zero attached hydrogens (tertiary/aromatic N) is 4. The molecule has 0 saturated heterocycles. The number of rotatable bonds is 4. The highest BCUT2D eigenvalue weighted by atomic mass is 127. The van der Waals surface area contributed by atoms with Gasteiger partial charge in [-0.3, -0.25) is 14.2 Å². The molecule has 0 radical (unpaired) electrons. The van der Waals surface area contributed by atoms with Crippen molar-refractivity contribution in [2.75, 3.05) is 0 Å². The van der Waals surface area contributed by atoms with Gasteiger partial charge in [-0.15, -0.1) is 0 Å². The summed E-state index contributed by atoms with van der Waals surface area (Å²) in [5, 5.41) is 11.3. The molecule has 0 fully saturated rings. The number of hydrogen-bond donors (Lipinski definition) is 1. The fourth-order valence-electron chi connectivity index (χ4n) is 1.93. The van der Waals surface area contributed by atoms with Gasteiger partial charge in [0, 0.05) is 26.0 Å². The summed E-state index contributed by atoms with van der Waals surface area (Å²) in [6.45, 7) is 4.74. The van der Waals surface area contributed by atoms with Crippen molar-refractivity contribution in [3.05, 3.63) is 33.4 Å². The number of carbonyl (C=O) groups excluding carboxylic acids is 1. The Morgan fingerprint density at radius 3 is 2.89 bits per heavy atom. The van der Waals surface area contributed by atoms with Crippen LogP contribution in [-0.2, 0) is 13.6 Å². The molecule has 1 atom stereocenters. The molecule has 2 aromatic heterocycles. The molecule has 2 heterocycles. The van der Waals surface area contributed by atoms with E-state index < -0.39 is 0 Å². The van der Waals surface area contributed by atoms with E-state index in [1.165, 1.54) is 0 Å². The minimum Gasteiger partial charge on any atom is -0.343 e. The molecule has 0 aromatic carbocycles. The third kappa shape index (κ3) is 2.96. The van der Waals surface area contributed by atoms with Crippen LogP contribution in [-0.4, -0.2) is 25.5 Å². The first-order chi connectivity index (χ1) is 9.02. The van der Waals surface area contributed by atoms with Gasteiger partial charge in [0.1, 0.15) is 0 Å². The monoisotopic (exact) mass is 373 g/mol. The zero-order valence-electron chi connectivity index (χ0n) is 11.1. The summed E-state index contributed by atoms with van der Waals surface area (Å²) in [4.78, 5) is 12.2. The topological polar surface area (TPSA) is 64.7 Å². The number of aromatic nitrogens is 4. The van der Waals surface area contributed by atoms with Crippen LogP contribution in [0.5, 0.6) is 0 Å². The summed E-state index contributed by atoms with van der Waals surface area (Å²) < 4.78 is 4.35. The summed E-state index contributed by atoms with van der Waals surface area (Å²) in [5.41, 5.74) is 1.44. The Kier molecular flexibility index (Phi) is 4.23. The second kappa shape index (κ2) is 5.72. The minimum absolute atomic E-state index is 0.104. The lowest BCUT2D eigenvalue weighted by molar-refractivity contribution is 0.0931. The van der Waals surface area contributed by atoms with E-state index in [1.54, 1.807) is 17.9 Å². The molecular formula is C12H16IN5O. The quantitative estimate of drug-likeness (QED) is 0.831. The molecule has 0 spiro atoms. The molecule has 7 heteroatoms. The van der Waals surface area contributed by atoms with E-state index in [0.717, 1.165) is 15.8 Å². The van der Waals surface area contributed by atoms with Crippen LogP contribution in [0.25, 0.3) is 0 Å². The van der Waals surface area contributed by atoms with Crippen LogP contribution in [0.1, 0.15) is 36.1 Å². The average Bonchev–Trinajstić information content (AvgIpc) is 2.95. The highest BCUT2D eigenvalue weighted by molar-refractivity contribution is 14.1. The first-order valence-corrected chi connectivity index (χ1v) is 7.12. The Morgan fingerprint density at radius 2 is 2.32 bits per heavy atom. The van der Waals surface area contributed by atoms with E-state index in [9.17, 15) is 4.79 Å². The van der Waals surface area contributed by atoms with Crippen LogP contribution in [0.3, 0.4) is 0 Å². The van der Waals surface area contributed by atoms with Gasteiger partial charge in [-0.05, 0) is 42.5 Å². The predicted octanol–water partition coefficient (Wildman–Crippen LogP) is 1.73. The lowest BCUT2D eigenvalue weighted by Crippen LogP contribution is -2.29. The van der Waals surface area contributed by atoms with Crippen molar-refractivity contribution in [3.8, 4) is 0 Å². The van der Waals surface area contributed by atoms with Crippen LogP contribution in [0.15, 0.2) is 18.5 Å². The van der Waals surface area contributed by atoms with E-state index in [-0.39, 0.29) is 11.9 Å². The SMILES string of the molecule is CCn1nccc1C(C)NC(=O)c1nn(C)cc1I. The maximum atomic E-state index is 12.2. The van der Waals surface area contributed by atoms with Crippen molar-refractivity contribution >= 4 is 28.5 Å². The lowest BCUT2D eigenvalue weighted by Gasteiger charge is -2.14. The molecule has 0 aliphatic carbocycles. The van der Waals surface area contributed by atoms with Gasteiger partial charge < -0.3 is 5.32 Å². The summed E-state index contributed by atoms with van der Waals surface area (Å²) in [6.07, 6.45) is 3.56. The average molecular weight is 373 g/mol. The molecular weight excluding hydrogens is 357 g/mol. The number of halogens is 1. The van der Waals surface area contributed by atoms with Crippen LogP contribution < -0.4 is 5.32 Å². The maximum Gasteiger partial charge on any atom is 0.273 e. The number of aryl methyl sites for hydroxylation is 2. The smallest absolute Gasteiger partial charge is 0.273 e. The highest BCUT2D eigenvalue weighted by Gasteiger charge is 2.18. The largest absolute Gasteiger partial charge is 0.343 e. The van der Waals surface area contributed by atoms with Gasteiger partial charge in [0.2, 0.25) is 0 Å². The van der Waals surface area contributed by atoms with Gasteiger partial charge >= 0.3 is 0 Å². The number of hydrogen-bond acceptors (Lipinski definition) is 3. The standard InChI is InChI=1S/C12H16IN5O/c1-4-18-10(5-6-14-18)8(2)15-12(19)11-9(13)7-17(3)16-11/h5-8H,4H2,1-3H3,(H,15,19). The van der Waals surface area contributed by atoms with Gasteiger partial charge in [-0.25, -0.2) is 0 Å². The number of amides is 1. The van der Waals surface area contributed by atoms with E-state index in [2.05, 4.69) is 38.1 Å². The van der Waals surface area contributed by atoms with E-state index in [1.807, 2.05) is 30.8 Å². The Balaban J connectivity index is 2.13. The van der Waals surface area contributed by atoms with Gasteiger partial charge in [-0.2, -0.15) is 10.2 Å². The highest BCUT2D eigenvalue weighted by Crippen LogP contribution is 2.14. The molecule has 0 bridgehead atoms. The van der Waals surface area contributed by atoms with Crippen LogP contribution >= 0.6 is 22.6 Å². The van der Waals surface area contributed by atoms with Crippen LogP contribution in [0.2, 0.25) is 0 Å². The van der Waals surface area contributed by atoms with Crippen LogP contribution in [0.4, 0.5) is 0 Å². The first-order valence-electron chi connectivity index (χ1n) is 6.04. The molecule has 1 amide bonds. The third-order valence-corrected chi connectivity index (χ3v) is 3.63. The normalized spacial score (nSPS) is 12.4. The van der Waals surface area contributed by atoms with Gasteiger partial charge in [-0.1, -0.05) is 0 Å². The van der Waals surface area contributed by atoms with Gasteiger partial charge in [0.15, 0.2) is 5.69 Å². The fraction of sp³-hybridized carbons (Fsp3) is 0.417. The van der Waals surface area contributed by atoms with Gasteiger partial charge in [0.25, 0.3) is 5.91 Å². The van der Waals surface area contributed by atoms with E-state index in [0.29, 0.717) is 5.69 Å². The Morgan fingerprint density at radius 1 is 1.58 bits per heavy atom. The number of carbonyl (C=O) groups is 1. The van der Waals surface area contributed by atoms with Crippen molar-refractivity contribution in [1.29, 1.82) is 0 Å². The maximum absolute atomic E-state index is 12.2. The Bertz CT molecular complexity index is 589. The molecule has 19 heavy (non-hydrogen) atoms. The van der Waals surface area contributed by atoms with Crippen molar-refractivity contribution in [2.24, 2.45) is 7.05 Å². The molecule has 0 aliphatic rings. The summed E-state index contributed by atoms with van der Waals surface area (Å²) in [5.74, 6) is -0.165. The molecule has 0 aliphatic heterocycles. The molecule has 2 aromatic rings. The van der Waals surface area contributed by atoms with Crippen molar-refractivity contribution in [2.45, 2.75) is 26.4 Å². The minimum atomic E-state index is -0.165. The summed E-state index contributed by atoms with van der Waals surface area (Å²) in [6, 6.07) is 1.81. The Labute approximate surface area is 125 Å². The summed E-state index contributed by atoms with van der Waals surface area (Å²) in [7, 11) is 1.80. The Hall–Kier alpha value is -1.38. The zero-order valence-corrected chi connectivity index (χ0v) is 13.2. The van der Waals surface area contributed by atoms with Crippen molar-refractivity contribution in [3.63, 3.8) is 0 Å². The molecule has 6 nitrogen and oxygen atoms in total. The molecule has 1 unspecified atom stereocenters. The summed E-state index contributed by atoms with van der Waals surface area (Å²) >= 11 is 2.11. The molecule has 1 N–H and O–H groups in total. The van der Waals surface area contributed by atoms with Gasteiger partial charge in [0.05, 0.1) is 15.3 Å².